The summed E-state index contributed by atoms with van der Waals surface area (Å²) in [5.41, 5.74) is -0.344. The molecule has 0 aliphatic heterocycles. The zero-order valence-corrected chi connectivity index (χ0v) is 6.85. The van der Waals surface area contributed by atoms with Gasteiger partial charge in [-0.25, -0.2) is 0 Å². The van der Waals surface area contributed by atoms with Crippen molar-refractivity contribution in [3.8, 4) is 5.75 Å². The van der Waals surface area contributed by atoms with Crippen molar-refractivity contribution in [1.29, 1.82) is 0 Å². The Morgan fingerprint density at radius 3 is 2.31 bits per heavy atom. The topological polar surface area (TPSA) is 35.2 Å². The van der Waals surface area contributed by atoms with E-state index < -0.39 is 11.7 Å². The van der Waals surface area contributed by atoms with Gasteiger partial charge in [-0.2, -0.15) is 19.1 Å². The van der Waals surface area contributed by atoms with Crippen molar-refractivity contribution >= 4 is 0 Å². The van der Waals surface area contributed by atoms with Gasteiger partial charge in [0.1, 0.15) is 5.75 Å². The van der Waals surface area contributed by atoms with Crippen LogP contribution in [0.1, 0.15) is 11.1 Å². The lowest BCUT2D eigenvalue weighted by Crippen LogP contribution is -2.07. The van der Waals surface area contributed by atoms with Crippen LogP contribution in [0.4, 0.5) is 13.2 Å². The molecular weight excluding hydrogens is 183 g/mol. The average molecular weight is 191 g/mol. The van der Waals surface area contributed by atoms with Crippen LogP contribution in [0.5, 0.6) is 5.75 Å². The number of alkyl halides is 3. The molecule has 0 aromatic heterocycles. The SMILES string of the molecule is Cc1cc(C(F)(F)F)ccc1ON. The van der Waals surface area contributed by atoms with Crippen molar-refractivity contribution in [2.24, 2.45) is 5.90 Å². The molecule has 0 unspecified atom stereocenters. The van der Waals surface area contributed by atoms with Gasteiger partial charge in [0.25, 0.3) is 0 Å². The number of aryl methyl sites for hydroxylation is 1. The van der Waals surface area contributed by atoms with Gasteiger partial charge in [-0.3, -0.25) is 0 Å². The second-order valence-corrected chi connectivity index (χ2v) is 2.60. The number of hydrogen-bond acceptors (Lipinski definition) is 2. The molecular formula is C8H8F3NO. The number of nitrogens with two attached hydrogens (primary N) is 1. The minimum atomic E-state index is -4.32. The highest BCUT2D eigenvalue weighted by atomic mass is 19.4. The molecule has 2 nitrogen and oxygen atoms in total. The van der Waals surface area contributed by atoms with E-state index in [0.29, 0.717) is 5.56 Å². The first-order valence-electron chi connectivity index (χ1n) is 3.49. The summed E-state index contributed by atoms with van der Waals surface area (Å²) in [4.78, 5) is 4.35. The number of rotatable bonds is 1. The lowest BCUT2D eigenvalue weighted by Gasteiger charge is -2.09. The first-order valence-corrected chi connectivity index (χ1v) is 3.49. The van der Waals surface area contributed by atoms with Gasteiger partial charge in [0.05, 0.1) is 5.56 Å². The van der Waals surface area contributed by atoms with Crippen molar-refractivity contribution < 1.29 is 18.0 Å². The fraction of sp³-hybridized carbons (Fsp3) is 0.250. The molecule has 0 fully saturated rings. The molecule has 0 amide bonds. The van der Waals surface area contributed by atoms with Crippen molar-refractivity contribution in [2.45, 2.75) is 13.1 Å². The summed E-state index contributed by atoms with van der Waals surface area (Å²) in [6.07, 6.45) is -4.32. The average Bonchev–Trinajstić information content (AvgIpc) is 2.02. The van der Waals surface area contributed by atoms with E-state index in [1.54, 1.807) is 0 Å². The van der Waals surface area contributed by atoms with Crippen LogP contribution >= 0.6 is 0 Å². The van der Waals surface area contributed by atoms with E-state index in [0.717, 1.165) is 12.1 Å². The molecule has 0 radical (unpaired) electrons. The minimum absolute atomic E-state index is 0.244. The van der Waals surface area contributed by atoms with Gasteiger partial charge in [0, 0.05) is 0 Å². The summed E-state index contributed by atoms with van der Waals surface area (Å²) in [5.74, 6) is 5.07. The molecule has 1 aromatic carbocycles. The Bertz CT molecular complexity index is 309. The normalized spacial score (nSPS) is 11.5. The maximum atomic E-state index is 12.1. The highest BCUT2D eigenvalue weighted by molar-refractivity contribution is 5.36. The van der Waals surface area contributed by atoms with Crippen LogP contribution in [0.2, 0.25) is 0 Å². The molecule has 0 saturated carbocycles. The van der Waals surface area contributed by atoms with E-state index >= 15 is 0 Å². The van der Waals surface area contributed by atoms with Gasteiger partial charge in [0.2, 0.25) is 0 Å². The van der Waals surface area contributed by atoms with Crippen LogP contribution in [0.3, 0.4) is 0 Å². The molecule has 0 heterocycles. The Morgan fingerprint density at radius 1 is 1.31 bits per heavy atom. The van der Waals surface area contributed by atoms with E-state index in [2.05, 4.69) is 4.84 Å². The summed E-state index contributed by atoms with van der Waals surface area (Å²) >= 11 is 0. The first kappa shape index (κ1) is 9.85. The predicted molar refractivity (Wildman–Crippen MR) is 41.0 cm³/mol. The number of halogens is 3. The molecule has 0 atom stereocenters. The molecule has 2 N–H and O–H groups in total. The summed E-state index contributed by atoms with van der Waals surface area (Å²) in [7, 11) is 0. The Morgan fingerprint density at radius 2 is 1.92 bits per heavy atom. The van der Waals surface area contributed by atoms with Crippen molar-refractivity contribution in [2.75, 3.05) is 0 Å². The monoisotopic (exact) mass is 191 g/mol. The molecule has 0 aliphatic carbocycles. The van der Waals surface area contributed by atoms with Crippen molar-refractivity contribution in [3.63, 3.8) is 0 Å². The van der Waals surface area contributed by atoms with Crippen LogP contribution in [0.15, 0.2) is 18.2 Å². The zero-order valence-electron chi connectivity index (χ0n) is 6.85. The largest absolute Gasteiger partial charge is 0.416 e. The predicted octanol–water partition coefficient (Wildman–Crippen LogP) is 2.27. The molecule has 0 aliphatic rings. The van der Waals surface area contributed by atoms with E-state index in [9.17, 15) is 13.2 Å². The van der Waals surface area contributed by atoms with Gasteiger partial charge < -0.3 is 4.84 Å². The summed E-state index contributed by atoms with van der Waals surface area (Å²) in [6.45, 7) is 1.50. The third-order valence-corrected chi connectivity index (χ3v) is 1.63. The van der Waals surface area contributed by atoms with E-state index in [1.807, 2.05) is 0 Å². The Labute approximate surface area is 73.1 Å². The van der Waals surface area contributed by atoms with Crippen LogP contribution in [0, 0.1) is 6.92 Å². The number of hydrogen-bond donors (Lipinski definition) is 1. The Hall–Kier alpha value is -1.23. The van der Waals surface area contributed by atoms with Gasteiger partial charge in [-0.1, -0.05) is 0 Å². The van der Waals surface area contributed by atoms with Crippen LogP contribution < -0.4 is 10.7 Å². The minimum Gasteiger partial charge on any atom is -0.411 e. The first-order chi connectivity index (χ1) is 5.95. The molecule has 0 saturated heterocycles. The molecule has 72 valence electrons. The fourth-order valence-electron chi connectivity index (χ4n) is 0.958. The zero-order chi connectivity index (χ0) is 10.1. The molecule has 5 heteroatoms. The highest BCUT2D eigenvalue weighted by Gasteiger charge is 2.30. The number of benzene rings is 1. The van der Waals surface area contributed by atoms with Gasteiger partial charge >= 0.3 is 6.18 Å². The van der Waals surface area contributed by atoms with Crippen LogP contribution in [-0.2, 0) is 6.18 Å². The molecule has 1 aromatic rings. The lowest BCUT2D eigenvalue weighted by atomic mass is 10.1. The molecule has 0 bridgehead atoms. The molecule has 0 spiro atoms. The third-order valence-electron chi connectivity index (χ3n) is 1.63. The van der Waals surface area contributed by atoms with Gasteiger partial charge in [-0.15, -0.1) is 0 Å². The molecule has 13 heavy (non-hydrogen) atoms. The van der Waals surface area contributed by atoms with Crippen molar-refractivity contribution in [3.05, 3.63) is 29.3 Å². The quantitative estimate of drug-likeness (QED) is 0.691. The third kappa shape index (κ3) is 2.12. The van der Waals surface area contributed by atoms with E-state index in [1.165, 1.54) is 13.0 Å². The second-order valence-electron chi connectivity index (χ2n) is 2.60. The van der Waals surface area contributed by atoms with Gasteiger partial charge in [-0.05, 0) is 30.7 Å². The maximum Gasteiger partial charge on any atom is 0.416 e. The van der Waals surface area contributed by atoms with E-state index in [-0.39, 0.29) is 5.75 Å². The highest BCUT2D eigenvalue weighted by Crippen LogP contribution is 2.31. The van der Waals surface area contributed by atoms with Crippen LogP contribution in [-0.4, -0.2) is 0 Å². The van der Waals surface area contributed by atoms with Crippen molar-refractivity contribution in [1.82, 2.24) is 0 Å². The second kappa shape index (κ2) is 3.26. The standard InChI is InChI=1S/C8H8F3NO/c1-5-4-6(8(9,10)11)2-3-7(5)13-12/h2-4H,12H2,1H3. The van der Waals surface area contributed by atoms with Crippen LogP contribution in [0.25, 0.3) is 0 Å². The summed E-state index contributed by atoms with van der Waals surface area (Å²) in [6, 6.07) is 3.11. The summed E-state index contributed by atoms with van der Waals surface area (Å²) < 4.78 is 36.4. The lowest BCUT2D eigenvalue weighted by molar-refractivity contribution is -0.137. The van der Waals surface area contributed by atoms with Gasteiger partial charge in [0.15, 0.2) is 0 Å². The summed E-state index contributed by atoms with van der Waals surface area (Å²) in [5, 5.41) is 0. The smallest absolute Gasteiger partial charge is 0.411 e. The molecule has 1 rings (SSSR count). The van der Waals surface area contributed by atoms with E-state index in [4.69, 9.17) is 5.90 Å². The Kier molecular flexibility index (Phi) is 2.47. The fourth-order valence-corrected chi connectivity index (χ4v) is 0.958. The Balaban J connectivity index is 3.10. The maximum absolute atomic E-state index is 12.1.